The molecule has 530 valence electrons. The van der Waals surface area contributed by atoms with Gasteiger partial charge >= 0.3 is 0 Å². The Morgan fingerprint density at radius 3 is 0.930 bits per heavy atom. The van der Waals surface area contributed by atoms with Crippen molar-refractivity contribution in [2.24, 2.45) is 0 Å². The molecule has 0 N–H and O–H groups in total. The number of nitrogens with zero attached hydrogens (tertiary/aromatic N) is 2. The van der Waals surface area contributed by atoms with Crippen molar-refractivity contribution in [1.29, 1.82) is 0 Å². The van der Waals surface area contributed by atoms with E-state index in [-0.39, 0.29) is 0 Å². The van der Waals surface area contributed by atoms with Crippen molar-refractivity contribution in [3.8, 4) is 100 Å². The normalized spacial score (nSPS) is 13.2. The summed E-state index contributed by atoms with van der Waals surface area (Å²) in [5.74, 6) is 0. The lowest BCUT2D eigenvalue weighted by atomic mass is 9.70. The number of hydrogen-bond donors (Lipinski definition) is 0. The average Bonchev–Trinajstić information content (AvgIpc) is 1.51. The third-order valence-electron chi connectivity index (χ3n) is 25.1. The molecule has 0 radical (unpaired) electrons. The maximum atomic E-state index is 7.03. The summed E-state index contributed by atoms with van der Waals surface area (Å²) in [6.07, 6.45) is 0. The predicted octanol–water partition coefficient (Wildman–Crippen LogP) is 29.4. The molecule has 18 aromatic carbocycles. The van der Waals surface area contributed by atoms with Gasteiger partial charge in [-0.05, 0) is 225 Å². The summed E-state index contributed by atoms with van der Waals surface area (Å²) in [5, 5.41) is 4.37. The van der Waals surface area contributed by atoms with Crippen molar-refractivity contribution in [3.05, 3.63) is 457 Å². The molecule has 2 heterocycles. The second kappa shape index (κ2) is 24.8. The molecule has 0 amide bonds. The smallest absolute Gasteiger partial charge is 0.143 e. The second-order valence-electron chi connectivity index (χ2n) is 30.8. The monoisotopic (exact) mass is 1450 g/mol. The first kappa shape index (κ1) is 64.0. The van der Waals surface area contributed by atoms with Gasteiger partial charge < -0.3 is 18.6 Å². The summed E-state index contributed by atoms with van der Waals surface area (Å²) in [6.45, 7) is 0. The molecule has 0 atom stereocenters. The van der Waals surface area contributed by atoms with Crippen LogP contribution in [0.15, 0.2) is 421 Å². The zero-order valence-corrected chi connectivity index (χ0v) is 62.0. The molecule has 24 rings (SSSR count). The molecule has 4 aliphatic carbocycles. The lowest BCUT2D eigenvalue weighted by Crippen LogP contribution is -2.26. The van der Waals surface area contributed by atoms with E-state index in [9.17, 15) is 0 Å². The molecule has 2 spiro atoms. The van der Waals surface area contributed by atoms with Crippen LogP contribution >= 0.6 is 0 Å². The Labute approximate surface area is 660 Å². The second-order valence-corrected chi connectivity index (χ2v) is 30.8. The minimum absolute atomic E-state index is 0.489. The van der Waals surface area contributed by atoms with Crippen LogP contribution in [-0.2, 0) is 10.8 Å². The zero-order valence-electron chi connectivity index (χ0n) is 62.0. The lowest BCUT2D eigenvalue weighted by Gasteiger charge is -2.32. The van der Waals surface area contributed by atoms with Gasteiger partial charge in [-0.3, -0.25) is 0 Å². The molecule has 0 aliphatic heterocycles. The molecule has 0 saturated heterocycles. The Morgan fingerprint density at radius 2 is 0.465 bits per heavy atom. The van der Waals surface area contributed by atoms with Crippen molar-refractivity contribution in [2.75, 3.05) is 9.80 Å². The predicted molar refractivity (Wildman–Crippen MR) is 470 cm³/mol. The summed E-state index contributed by atoms with van der Waals surface area (Å²) in [7, 11) is 0. The van der Waals surface area contributed by atoms with Gasteiger partial charge in [-0.1, -0.05) is 322 Å². The quantitative estimate of drug-likeness (QED) is 0.129. The van der Waals surface area contributed by atoms with Crippen LogP contribution in [0.2, 0.25) is 0 Å². The van der Waals surface area contributed by atoms with Crippen molar-refractivity contribution in [1.82, 2.24) is 0 Å². The van der Waals surface area contributed by atoms with E-state index in [2.05, 4.69) is 416 Å². The number of para-hydroxylation sites is 3. The molecule has 4 heteroatoms. The first-order valence-electron chi connectivity index (χ1n) is 39.4. The van der Waals surface area contributed by atoms with Crippen LogP contribution in [0.4, 0.5) is 34.1 Å². The molecule has 0 bridgehead atoms. The fraction of sp³-hybridized carbons (Fsp3) is 0.0182. The molecule has 4 aliphatic rings. The summed E-state index contributed by atoms with van der Waals surface area (Å²) in [5.41, 5.74) is 40.7. The van der Waals surface area contributed by atoms with Gasteiger partial charge in [0.1, 0.15) is 22.3 Å². The maximum absolute atomic E-state index is 7.03. The number of rotatable bonds is 11. The number of fused-ring (bicyclic) bond motifs is 26. The van der Waals surface area contributed by atoms with Gasteiger partial charge in [0, 0.05) is 66.8 Å². The van der Waals surface area contributed by atoms with Crippen molar-refractivity contribution in [3.63, 3.8) is 0 Å². The van der Waals surface area contributed by atoms with E-state index in [1.165, 1.54) is 94.6 Å². The molecule has 0 unspecified atom stereocenters. The van der Waals surface area contributed by atoms with Gasteiger partial charge in [0.05, 0.1) is 10.8 Å². The van der Waals surface area contributed by atoms with Crippen LogP contribution in [-0.4, -0.2) is 0 Å². The molecule has 0 saturated carbocycles. The highest BCUT2D eigenvalue weighted by atomic mass is 16.3. The largest absolute Gasteiger partial charge is 0.455 e. The molecule has 0 fully saturated rings. The van der Waals surface area contributed by atoms with E-state index >= 15 is 0 Å². The van der Waals surface area contributed by atoms with Crippen molar-refractivity contribution in [2.45, 2.75) is 10.8 Å². The molecule has 20 aromatic rings. The first-order valence-corrected chi connectivity index (χ1v) is 39.4. The van der Waals surface area contributed by atoms with E-state index in [0.29, 0.717) is 0 Å². The fourth-order valence-electron chi connectivity index (χ4n) is 20.3. The molecular weight excluding hydrogens is 1380 g/mol. The third kappa shape index (κ3) is 9.22. The van der Waals surface area contributed by atoms with E-state index in [1.54, 1.807) is 0 Å². The Hall–Kier alpha value is -14.8. The Kier molecular flexibility index (Phi) is 13.9. The summed E-state index contributed by atoms with van der Waals surface area (Å²) in [4.78, 5) is 4.87. The van der Waals surface area contributed by atoms with Crippen LogP contribution in [0.5, 0.6) is 0 Å². The molecule has 114 heavy (non-hydrogen) atoms. The van der Waals surface area contributed by atoms with Crippen LogP contribution in [0, 0.1) is 0 Å². The Morgan fingerprint density at radius 1 is 0.158 bits per heavy atom. The summed E-state index contributed by atoms with van der Waals surface area (Å²) < 4.78 is 13.6. The number of hydrogen-bond acceptors (Lipinski definition) is 4. The van der Waals surface area contributed by atoms with Crippen molar-refractivity contribution < 1.29 is 8.83 Å². The van der Waals surface area contributed by atoms with Crippen LogP contribution < -0.4 is 9.80 Å². The van der Waals surface area contributed by atoms with Gasteiger partial charge in [0.2, 0.25) is 0 Å². The standard InChI is InChI=1S/C110H68N2O2/c1-2-23-69(24-3-1)73-25-20-26-78(65-73)112(80-61-63-92-90-34-11-18-45-102(90)110(104(92)68-80)99-42-15-8-31-87(99)88-32-9-16-43-100(88)110)77-58-51-72(52-59-77)84-37-22-39-95-96-66-74(53-64-106(96)114-108(84)95)82-28-5-4-27-81(82)70-47-54-75(55-48-70)111(76-56-49-71(50-57-76)83-36-21-38-94-93-35-12-19-46-105(93)113-107(83)94)79-60-62-91-89-33-10-17-44-101(89)109(103(91)67-79)97-40-13-6-29-85(97)86-30-7-14-41-98(86)109/h1-68H. The fourth-order valence-corrected chi connectivity index (χ4v) is 20.3. The van der Waals surface area contributed by atoms with Gasteiger partial charge in [-0.25, -0.2) is 0 Å². The van der Waals surface area contributed by atoms with E-state index in [4.69, 9.17) is 8.83 Å². The molecule has 4 nitrogen and oxygen atoms in total. The van der Waals surface area contributed by atoms with Crippen LogP contribution in [0.3, 0.4) is 0 Å². The van der Waals surface area contributed by atoms with Gasteiger partial charge in [0.25, 0.3) is 0 Å². The topological polar surface area (TPSA) is 32.8 Å². The third-order valence-corrected chi connectivity index (χ3v) is 25.1. The zero-order chi connectivity index (χ0) is 74.7. The lowest BCUT2D eigenvalue weighted by molar-refractivity contribution is 0.669. The Balaban J connectivity index is 0.590. The highest BCUT2D eigenvalue weighted by molar-refractivity contribution is 6.12. The number of furan rings is 2. The van der Waals surface area contributed by atoms with Crippen LogP contribution in [0.1, 0.15) is 44.5 Å². The minimum atomic E-state index is -0.505. The molecule has 2 aromatic heterocycles. The molecular formula is C110H68N2O2. The van der Waals surface area contributed by atoms with E-state index in [0.717, 1.165) is 128 Å². The first-order chi connectivity index (χ1) is 56.5. The summed E-state index contributed by atoms with van der Waals surface area (Å²) in [6, 6.07) is 153. The van der Waals surface area contributed by atoms with Crippen molar-refractivity contribution >= 4 is 78.0 Å². The van der Waals surface area contributed by atoms with E-state index < -0.39 is 10.8 Å². The van der Waals surface area contributed by atoms with Gasteiger partial charge in [-0.15, -0.1) is 0 Å². The van der Waals surface area contributed by atoms with Gasteiger partial charge in [0.15, 0.2) is 0 Å². The van der Waals surface area contributed by atoms with Crippen LogP contribution in [0.25, 0.3) is 144 Å². The Bertz CT molecular complexity index is 7240. The minimum Gasteiger partial charge on any atom is -0.455 e. The SMILES string of the molecule is c1ccc(-c2cccc(N(c3ccc(-c4cccc5c4oc4ccc(-c6ccccc6-c6ccc(N(c7ccc(-c8cccc9c8oc8ccccc89)cc7)c7ccc8c(c7)C7(c9ccccc9-c9ccccc97)c7ccccc7-8)cc6)cc45)cc3)c3ccc4c(c3)C3(c5ccccc5-c5ccccc53)c3ccccc3-4)c2)cc1. The number of benzene rings is 18. The highest BCUT2D eigenvalue weighted by Gasteiger charge is 2.53. The maximum Gasteiger partial charge on any atom is 0.143 e. The number of anilines is 6. The van der Waals surface area contributed by atoms with Gasteiger partial charge in [-0.2, -0.15) is 0 Å². The average molecular weight is 1450 g/mol. The highest BCUT2D eigenvalue weighted by Crippen LogP contribution is 2.66. The summed E-state index contributed by atoms with van der Waals surface area (Å²) >= 11 is 0. The van der Waals surface area contributed by atoms with E-state index in [1.807, 2.05) is 6.07 Å².